The zero-order valence-electron chi connectivity index (χ0n) is 9.11. The highest BCUT2D eigenvalue weighted by Crippen LogP contribution is 2.25. The molecule has 0 spiro atoms. The van der Waals surface area contributed by atoms with Gasteiger partial charge in [-0.15, -0.1) is 0 Å². The molecule has 2 rings (SSSR count). The van der Waals surface area contributed by atoms with Gasteiger partial charge in [0.25, 0.3) is 0 Å². The van der Waals surface area contributed by atoms with Gasteiger partial charge < -0.3 is 15.3 Å². The molecule has 0 aliphatic carbocycles. The third-order valence-corrected chi connectivity index (χ3v) is 3.73. The lowest BCUT2D eigenvalue weighted by molar-refractivity contribution is 0.113. The molecule has 2 fully saturated rings. The van der Waals surface area contributed by atoms with Gasteiger partial charge in [-0.25, -0.2) is 4.79 Å². The molecule has 1 amide bonds. The molecule has 0 aromatic rings. The predicted octanol–water partition coefficient (Wildman–Crippen LogP) is 1.52. The van der Waals surface area contributed by atoms with Crippen LogP contribution in [0.3, 0.4) is 0 Å². The molecule has 4 nitrogen and oxygen atoms in total. The second kappa shape index (κ2) is 4.84. The van der Waals surface area contributed by atoms with Crippen LogP contribution >= 0.6 is 0 Å². The third kappa shape index (κ3) is 2.62. The minimum absolute atomic E-state index is 0.648. The average molecular weight is 212 g/mol. The first-order chi connectivity index (χ1) is 7.27. The fraction of sp³-hybridized carbons (Fsp3) is 0.909. The summed E-state index contributed by atoms with van der Waals surface area (Å²) in [5, 5.41) is 12.4. The highest BCUT2D eigenvalue weighted by Gasteiger charge is 2.28. The van der Waals surface area contributed by atoms with Crippen molar-refractivity contribution >= 4 is 6.09 Å². The lowest BCUT2D eigenvalue weighted by Crippen LogP contribution is -2.46. The van der Waals surface area contributed by atoms with E-state index in [-0.39, 0.29) is 0 Å². The number of amides is 1. The van der Waals surface area contributed by atoms with Gasteiger partial charge in [-0.2, -0.15) is 0 Å². The Morgan fingerprint density at radius 2 is 1.93 bits per heavy atom. The molecule has 4 heteroatoms. The number of carbonyl (C=O) groups is 1. The Kier molecular flexibility index (Phi) is 3.46. The van der Waals surface area contributed by atoms with Crippen LogP contribution in [-0.2, 0) is 0 Å². The normalized spacial score (nSPS) is 29.1. The van der Waals surface area contributed by atoms with Crippen LogP contribution in [0, 0.1) is 5.92 Å². The summed E-state index contributed by atoms with van der Waals surface area (Å²) >= 11 is 0. The van der Waals surface area contributed by atoms with Crippen molar-refractivity contribution < 1.29 is 9.90 Å². The van der Waals surface area contributed by atoms with Crippen LogP contribution in [0.1, 0.15) is 32.1 Å². The van der Waals surface area contributed by atoms with Gasteiger partial charge >= 0.3 is 6.09 Å². The van der Waals surface area contributed by atoms with Crippen molar-refractivity contribution in [3.05, 3.63) is 0 Å². The minimum Gasteiger partial charge on any atom is -0.465 e. The van der Waals surface area contributed by atoms with E-state index in [1.54, 1.807) is 4.90 Å². The van der Waals surface area contributed by atoms with Gasteiger partial charge in [0.1, 0.15) is 0 Å². The van der Waals surface area contributed by atoms with Crippen molar-refractivity contribution in [1.82, 2.24) is 10.2 Å². The average Bonchev–Trinajstić information content (AvgIpc) is 2.30. The molecule has 0 bridgehead atoms. The SMILES string of the molecule is O=C(O)N1CCC(C2CCCCN2)CC1. The molecule has 2 N–H and O–H groups in total. The first-order valence-electron chi connectivity index (χ1n) is 5.98. The van der Waals surface area contributed by atoms with Crippen LogP contribution < -0.4 is 5.32 Å². The highest BCUT2D eigenvalue weighted by atomic mass is 16.4. The Labute approximate surface area is 90.6 Å². The van der Waals surface area contributed by atoms with E-state index >= 15 is 0 Å². The summed E-state index contributed by atoms with van der Waals surface area (Å²) in [5.74, 6) is 0.695. The molecule has 2 aliphatic heterocycles. The van der Waals surface area contributed by atoms with Crippen molar-refractivity contribution in [1.29, 1.82) is 0 Å². The molecular weight excluding hydrogens is 192 g/mol. The fourth-order valence-electron chi connectivity index (χ4n) is 2.77. The van der Waals surface area contributed by atoms with Crippen LogP contribution in [0.2, 0.25) is 0 Å². The molecule has 0 radical (unpaired) electrons. The zero-order chi connectivity index (χ0) is 10.7. The summed E-state index contributed by atoms with van der Waals surface area (Å²) in [7, 11) is 0. The Bertz CT molecular complexity index is 219. The quantitative estimate of drug-likeness (QED) is 0.693. The van der Waals surface area contributed by atoms with Gasteiger partial charge in [0.05, 0.1) is 0 Å². The lowest BCUT2D eigenvalue weighted by atomic mass is 9.85. The summed E-state index contributed by atoms with van der Waals surface area (Å²) in [5.41, 5.74) is 0. The number of nitrogens with zero attached hydrogens (tertiary/aromatic N) is 1. The molecule has 86 valence electrons. The minimum atomic E-state index is -0.759. The van der Waals surface area contributed by atoms with E-state index in [0.29, 0.717) is 12.0 Å². The predicted molar refractivity (Wildman–Crippen MR) is 58.0 cm³/mol. The van der Waals surface area contributed by atoms with E-state index in [0.717, 1.165) is 32.5 Å². The molecule has 2 saturated heterocycles. The Hall–Kier alpha value is -0.770. The second-order valence-corrected chi connectivity index (χ2v) is 4.66. The Balaban J connectivity index is 1.79. The molecule has 1 unspecified atom stereocenters. The van der Waals surface area contributed by atoms with Crippen LogP contribution in [-0.4, -0.2) is 41.8 Å². The van der Waals surface area contributed by atoms with E-state index in [1.165, 1.54) is 19.3 Å². The van der Waals surface area contributed by atoms with Crippen LogP contribution in [0.15, 0.2) is 0 Å². The molecule has 1 atom stereocenters. The number of hydrogen-bond donors (Lipinski definition) is 2. The smallest absolute Gasteiger partial charge is 0.407 e. The standard InChI is InChI=1S/C11H20N2O2/c14-11(15)13-7-4-9(5-8-13)10-3-1-2-6-12-10/h9-10,12H,1-8H2,(H,14,15). The largest absolute Gasteiger partial charge is 0.465 e. The van der Waals surface area contributed by atoms with Crippen molar-refractivity contribution in [2.75, 3.05) is 19.6 Å². The van der Waals surface area contributed by atoms with Gasteiger partial charge in [0.15, 0.2) is 0 Å². The summed E-state index contributed by atoms with van der Waals surface area (Å²) in [6.07, 6.45) is 5.21. The number of piperidine rings is 2. The first kappa shape index (κ1) is 10.7. The maximum atomic E-state index is 10.7. The van der Waals surface area contributed by atoms with E-state index in [9.17, 15) is 4.79 Å². The highest BCUT2D eigenvalue weighted by molar-refractivity contribution is 5.64. The molecule has 2 heterocycles. The third-order valence-electron chi connectivity index (χ3n) is 3.73. The first-order valence-corrected chi connectivity index (χ1v) is 5.98. The van der Waals surface area contributed by atoms with Gasteiger partial charge in [0.2, 0.25) is 0 Å². The number of carboxylic acid groups (broad SMARTS) is 1. The lowest BCUT2D eigenvalue weighted by Gasteiger charge is -2.37. The Morgan fingerprint density at radius 1 is 1.20 bits per heavy atom. The summed E-state index contributed by atoms with van der Waals surface area (Å²) in [6.45, 7) is 2.58. The van der Waals surface area contributed by atoms with Crippen LogP contribution in [0.25, 0.3) is 0 Å². The fourth-order valence-corrected chi connectivity index (χ4v) is 2.77. The van der Waals surface area contributed by atoms with Gasteiger partial charge in [0, 0.05) is 19.1 Å². The van der Waals surface area contributed by atoms with Crippen LogP contribution in [0.4, 0.5) is 4.79 Å². The maximum absolute atomic E-state index is 10.7. The number of hydrogen-bond acceptors (Lipinski definition) is 2. The summed E-state index contributed by atoms with van der Waals surface area (Å²) in [4.78, 5) is 12.3. The van der Waals surface area contributed by atoms with E-state index in [1.807, 2.05) is 0 Å². The molecule has 15 heavy (non-hydrogen) atoms. The van der Waals surface area contributed by atoms with Gasteiger partial charge in [-0.3, -0.25) is 0 Å². The second-order valence-electron chi connectivity index (χ2n) is 4.66. The topological polar surface area (TPSA) is 52.6 Å². The van der Waals surface area contributed by atoms with E-state index < -0.39 is 6.09 Å². The van der Waals surface area contributed by atoms with Crippen molar-refractivity contribution in [2.24, 2.45) is 5.92 Å². The van der Waals surface area contributed by atoms with Gasteiger partial charge in [-0.05, 0) is 38.1 Å². The number of rotatable bonds is 1. The number of nitrogens with one attached hydrogen (secondary N) is 1. The summed E-state index contributed by atoms with van der Waals surface area (Å²) in [6, 6.07) is 0.648. The monoisotopic (exact) mass is 212 g/mol. The van der Waals surface area contributed by atoms with Crippen molar-refractivity contribution in [3.8, 4) is 0 Å². The molecular formula is C11H20N2O2. The van der Waals surface area contributed by atoms with E-state index in [2.05, 4.69) is 5.32 Å². The van der Waals surface area contributed by atoms with Crippen molar-refractivity contribution in [2.45, 2.75) is 38.1 Å². The summed E-state index contributed by atoms with van der Waals surface area (Å²) < 4.78 is 0. The zero-order valence-corrected chi connectivity index (χ0v) is 9.11. The van der Waals surface area contributed by atoms with Crippen LogP contribution in [0.5, 0.6) is 0 Å². The van der Waals surface area contributed by atoms with Crippen molar-refractivity contribution in [3.63, 3.8) is 0 Å². The molecule has 2 aliphatic rings. The molecule has 0 aromatic carbocycles. The molecule has 0 aromatic heterocycles. The molecule has 0 saturated carbocycles. The van der Waals surface area contributed by atoms with E-state index in [4.69, 9.17) is 5.11 Å². The Morgan fingerprint density at radius 3 is 2.47 bits per heavy atom. The van der Waals surface area contributed by atoms with Gasteiger partial charge in [-0.1, -0.05) is 6.42 Å². The number of likely N-dealkylation sites (tertiary alicyclic amines) is 1. The maximum Gasteiger partial charge on any atom is 0.407 e.